The molecule has 0 aliphatic carbocycles. The molecule has 1 saturated heterocycles. The van der Waals surface area contributed by atoms with Gasteiger partial charge in [-0.25, -0.2) is 4.39 Å². The van der Waals surface area contributed by atoms with E-state index < -0.39 is 5.60 Å². The number of hydrogen-bond acceptors (Lipinski definition) is 2. The molecule has 0 radical (unpaired) electrons. The molecule has 76 valence electrons. The van der Waals surface area contributed by atoms with Crippen molar-refractivity contribution in [2.24, 2.45) is 0 Å². The van der Waals surface area contributed by atoms with E-state index in [2.05, 4.69) is 0 Å². The summed E-state index contributed by atoms with van der Waals surface area (Å²) in [7, 11) is 0. The molecule has 0 saturated carbocycles. The van der Waals surface area contributed by atoms with Crippen molar-refractivity contribution in [3.63, 3.8) is 0 Å². The number of benzene rings is 1. The SMILES string of the molecule is OC1(c2cccc(F)c2)CCSCC1. The highest BCUT2D eigenvalue weighted by Gasteiger charge is 2.31. The molecule has 2 rings (SSSR count). The molecule has 0 unspecified atom stereocenters. The fraction of sp³-hybridized carbons (Fsp3) is 0.455. The summed E-state index contributed by atoms with van der Waals surface area (Å²) in [6, 6.07) is 6.31. The number of thioether (sulfide) groups is 1. The minimum atomic E-state index is -0.798. The number of hydrogen-bond donors (Lipinski definition) is 1. The second-order valence-corrected chi connectivity index (χ2v) is 4.88. The first-order valence-corrected chi connectivity index (χ1v) is 5.92. The van der Waals surface area contributed by atoms with Gasteiger partial charge < -0.3 is 5.11 Å². The monoisotopic (exact) mass is 212 g/mol. The summed E-state index contributed by atoms with van der Waals surface area (Å²) in [5, 5.41) is 10.3. The van der Waals surface area contributed by atoms with Gasteiger partial charge in [0.1, 0.15) is 5.82 Å². The van der Waals surface area contributed by atoms with Gasteiger partial charge in [-0.1, -0.05) is 12.1 Å². The van der Waals surface area contributed by atoms with Gasteiger partial charge in [0.25, 0.3) is 0 Å². The Balaban J connectivity index is 2.28. The van der Waals surface area contributed by atoms with Gasteiger partial charge in [-0.15, -0.1) is 0 Å². The molecule has 1 fully saturated rings. The van der Waals surface area contributed by atoms with E-state index in [0.29, 0.717) is 0 Å². The Hall–Kier alpha value is -0.540. The predicted octanol–water partition coefficient (Wildman–Crippen LogP) is 2.54. The van der Waals surface area contributed by atoms with E-state index in [1.807, 2.05) is 11.8 Å². The summed E-state index contributed by atoms with van der Waals surface area (Å²) in [5.74, 6) is 1.63. The van der Waals surface area contributed by atoms with Crippen molar-refractivity contribution < 1.29 is 9.50 Å². The smallest absolute Gasteiger partial charge is 0.123 e. The quantitative estimate of drug-likeness (QED) is 0.772. The lowest BCUT2D eigenvalue weighted by Gasteiger charge is -2.32. The zero-order valence-electron chi connectivity index (χ0n) is 7.87. The first-order valence-electron chi connectivity index (χ1n) is 4.77. The highest BCUT2D eigenvalue weighted by molar-refractivity contribution is 7.99. The zero-order valence-corrected chi connectivity index (χ0v) is 8.69. The second kappa shape index (κ2) is 3.91. The fourth-order valence-corrected chi connectivity index (χ4v) is 2.94. The lowest BCUT2D eigenvalue weighted by Crippen LogP contribution is -2.30. The molecule has 1 heterocycles. The topological polar surface area (TPSA) is 20.2 Å². The van der Waals surface area contributed by atoms with Crippen LogP contribution in [0.15, 0.2) is 24.3 Å². The zero-order chi connectivity index (χ0) is 10.0. The first kappa shape index (κ1) is 9.99. The van der Waals surface area contributed by atoms with Gasteiger partial charge in [-0.3, -0.25) is 0 Å². The van der Waals surface area contributed by atoms with Crippen molar-refractivity contribution in [3.05, 3.63) is 35.6 Å². The third-order valence-electron chi connectivity index (χ3n) is 2.68. The molecule has 0 atom stereocenters. The highest BCUT2D eigenvalue weighted by atomic mass is 32.2. The molecule has 1 aliphatic heterocycles. The first-order chi connectivity index (χ1) is 6.71. The maximum atomic E-state index is 13.0. The third-order valence-corrected chi connectivity index (χ3v) is 3.67. The van der Waals surface area contributed by atoms with E-state index in [0.717, 1.165) is 29.9 Å². The van der Waals surface area contributed by atoms with E-state index in [9.17, 15) is 9.50 Å². The summed E-state index contributed by atoms with van der Waals surface area (Å²) in [6.07, 6.45) is 1.45. The van der Waals surface area contributed by atoms with Crippen LogP contribution in [0.25, 0.3) is 0 Å². The molecule has 0 bridgehead atoms. The van der Waals surface area contributed by atoms with Crippen LogP contribution in [0.5, 0.6) is 0 Å². The largest absolute Gasteiger partial charge is 0.385 e. The Labute approximate surface area is 87.3 Å². The molecule has 14 heavy (non-hydrogen) atoms. The Bertz CT molecular complexity index is 321. The fourth-order valence-electron chi connectivity index (χ4n) is 1.78. The molecular formula is C11H13FOS. The summed E-state index contributed by atoms with van der Waals surface area (Å²) in [4.78, 5) is 0. The van der Waals surface area contributed by atoms with Crippen molar-refractivity contribution in [2.45, 2.75) is 18.4 Å². The summed E-state index contributed by atoms with van der Waals surface area (Å²) < 4.78 is 13.0. The minimum absolute atomic E-state index is 0.269. The molecule has 0 amide bonds. The summed E-state index contributed by atoms with van der Waals surface area (Å²) >= 11 is 1.84. The molecule has 1 aromatic rings. The molecule has 3 heteroatoms. The Morgan fingerprint density at radius 1 is 1.29 bits per heavy atom. The number of aliphatic hydroxyl groups is 1. The highest BCUT2D eigenvalue weighted by Crippen LogP contribution is 2.35. The standard InChI is InChI=1S/C11H13FOS/c12-10-3-1-2-9(8-10)11(13)4-6-14-7-5-11/h1-3,8,13H,4-7H2. The van der Waals surface area contributed by atoms with E-state index >= 15 is 0 Å². The maximum absolute atomic E-state index is 13.0. The van der Waals surface area contributed by atoms with Crippen LogP contribution in [-0.2, 0) is 5.60 Å². The Morgan fingerprint density at radius 2 is 2.00 bits per heavy atom. The second-order valence-electron chi connectivity index (χ2n) is 3.65. The van der Waals surface area contributed by atoms with Crippen LogP contribution in [0.3, 0.4) is 0 Å². The predicted molar refractivity (Wildman–Crippen MR) is 56.9 cm³/mol. The summed E-state index contributed by atoms with van der Waals surface area (Å²) in [6.45, 7) is 0. The van der Waals surface area contributed by atoms with Crippen LogP contribution in [-0.4, -0.2) is 16.6 Å². The summed E-state index contributed by atoms with van der Waals surface area (Å²) in [5.41, 5.74) is -0.0781. The van der Waals surface area contributed by atoms with Gasteiger partial charge in [0.15, 0.2) is 0 Å². The van der Waals surface area contributed by atoms with Gasteiger partial charge in [-0.05, 0) is 42.0 Å². The molecule has 1 N–H and O–H groups in total. The van der Waals surface area contributed by atoms with Gasteiger partial charge in [-0.2, -0.15) is 11.8 Å². The van der Waals surface area contributed by atoms with Crippen LogP contribution in [0.4, 0.5) is 4.39 Å². The number of halogens is 1. The average molecular weight is 212 g/mol. The van der Waals surface area contributed by atoms with Crippen molar-refractivity contribution in [3.8, 4) is 0 Å². The van der Waals surface area contributed by atoms with Gasteiger partial charge >= 0.3 is 0 Å². The Morgan fingerprint density at radius 3 is 2.64 bits per heavy atom. The van der Waals surface area contributed by atoms with Crippen molar-refractivity contribution in [1.82, 2.24) is 0 Å². The van der Waals surface area contributed by atoms with Crippen LogP contribution in [0.2, 0.25) is 0 Å². The van der Waals surface area contributed by atoms with E-state index in [1.54, 1.807) is 12.1 Å². The van der Waals surface area contributed by atoms with Gasteiger partial charge in [0.2, 0.25) is 0 Å². The maximum Gasteiger partial charge on any atom is 0.123 e. The van der Waals surface area contributed by atoms with E-state index in [1.165, 1.54) is 12.1 Å². The average Bonchev–Trinajstić information content (AvgIpc) is 2.19. The van der Waals surface area contributed by atoms with Crippen LogP contribution in [0, 0.1) is 5.82 Å². The number of rotatable bonds is 1. The van der Waals surface area contributed by atoms with Gasteiger partial charge in [0.05, 0.1) is 5.60 Å². The van der Waals surface area contributed by atoms with E-state index in [-0.39, 0.29) is 5.82 Å². The van der Waals surface area contributed by atoms with Crippen molar-refractivity contribution in [2.75, 3.05) is 11.5 Å². The van der Waals surface area contributed by atoms with Crippen molar-refractivity contribution in [1.29, 1.82) is 0 Å². The molecule has 0 aromatic heterocycles. The van der Waals surface area contributed by atoms with Crippen molar-refractivity contribution >= 4 is 11.8 Å². The van der Waals surface area contributed by atoms with Crippen LogP contribution in [0.1, 0.15) is 18.4 Å². The van der Waals surface area contributed by atoms with Crippen LogP contribution >= 0.6 is 11.8 Å². The van der Waals surface area contributed by atoms with Gasteiger partial charge in [0, 0.05) is 0 Å². The molecule has 0 spiro atoms. The van der Waals surface area contributed by atoms with Crippen LogP contribution < -0.4 is 0 Å². The molecule has 1 aliphatic rings. The lowest BCUT2D eigenvalue weighted by molar-refractivity contribution is 0.0278. The lowest BCUT2D eigenvalue weighted by atomic mass is 9.88. The third kappa shape index (κ3) is 1.93. The normalized spacial score (nSPS) is 20.7. The minimum Gasteiger partial charge on any atom is -0.385 e. The molecule has 1 aromatic carbocycles. The molecular weight excluding hydrogens is 199 g/mol. The van der Waals surface area contributed by atoms with E-state index in [4.69, 9.17) is 0 Å². The molecule has 1 nitrogen and oxygen atoms in total. The Kier molecular flexibility index (Phi) is 2.79.